The third kappa shape index (κ3) is 2.98. The maximum Gasteiger partial charge on any atom is 0.137 e. The van der Waals surface area contributed by atoms with Gasteiger partial charge >= 0.3 is 0 Å². The van der Waals surface area contributed by atoms with Gasteiger partial charge in [0.1, 0.15) is 11.5 Å². The molecule has 35 heavy (non-hydrogen) atoms. The Morgan fingerprint density at radius 2 is 1.63 bits per heavy atom. The second-order valence-corrected chi connectivity index (χ2v) is 15.4. The van der Waals surface area contributed by atoms with E-state index in [0.717, 1.165) is 38.5 Å². The van der Waals surface area contributed by atoms with Crippen LogP contribution in [0.4, 0.5) is 0 Å². The van der Waals surface area contributed by atoms with Crippen molar-refractivity contribution in [2.45, 2.75) is 106 Å². The van der Waals surface area contributed by atoms with Crippen LogP contribution < -0.4 is 0 Å². The van der Waals surface area contributed by atoms with E-state index in [1.165, 1.54) is 6.42 Å². The highest BCUT2D eigenvalue weighted by molar-refractivity contribution is 5.84. The molecule has 5 aliphatic rings. The van der Waals surface area contributed by atoms with Crippen LogP contribution in [0.1, 0.15) is 106 Å². The SMILES string of the molecule is C=CC12CCC(C)(C)C[C@H]1[C@H]1C(=O)C[C@@H]3[C@@]4(C)CC(C#N)=C(O)C(C)(C)[C@@H]4CC[C@@]3(C)[C@]1(C)CC2. The smallest absolute Gasteiger partial charge is 0.137 e. The number of nitriles is 1. The Balaban J connectivity index is 1.62. The highest BCUT2D eigenvalue weighted by atomic mass is 16.3. The van der Waals surface area contributed by atoms with E-state index in [-0.39, 0.29) is 50.6 Å². The van der Waals surface area contributed by atoms with Gasteiger partial charge in [0, 0.05) is 17.8 Å². The van der Waals surface area contributed by atoms with Crippen molar-refractivity contribution in [3.05, 3.63) is 24.0 Å². The van der Waals surface area contributed by atoms with Crippen molar-refractivity contribution in [1.82, 2.24) is 0 Å². The highest BCUT2D eigenvalue weighted by Gasteiger charge is 2.71. The number of fused-ring (bicyclic) bond motifs is 7. The molecule has 8 atom stereocenters. The lowest BCUT2D eigenvalue weighted by Gasteiger charge is -2.72. The van der Waals surface area contributed by atoms with Crippen molar-refractivity contribution in [2.75, 3.05) is 0 Å². The summed E-state index contributed by atoms with van der Waals surface area (Å²) >= 11 is 0. The number of Topliss-reactive ketones (excluding diaryl/α,β-unsaturated/α-hetero) is 1. The van der Waals surface area contributed by atoms with E-state index in [1.807, 2.05) is 0 Å². The molecule has 3 heteroatoms. The number of rotatable bonds is 1. The van der Waals surface area contributed by atoms with Gasteiger partial charge in [0.15, 0.2) is 0 Å². The Labute approximate surface area is 213 Å². The number of hydrogen-bond donors (Lipinski definition) is 1. The molecular formula is C32H47NO2. The normalized spacial score (nSPS) is 50.2. The lowest BCUT2D eigenvalue weighted by molar-refractivity contribution is -0.226. The number of allylic oxidation sites excluding steroid dienone is 3. The molecule has 1 unspecified atom stereocenters. The average Bonchev–Trinajstić information content (AvgIpc) is 2.77. The van der Waals surface area contributed by atoms with Crippen LogP contribution in [0.25, 0.3) is 0 Å². The Bertz CT molecular complexity index is 1040. The third-order valence-electron chi connectivity index (χ3n) is 13.2. The van der Waals surface area contributed by atoms with Gasteiger partial charge in [-0.3, -0.25) is 4.79 Å². The molecule has 0 bridgehead atoms. The summed E-state index contributed by atoms with van der Waals surface area (Å²) in [7, 11) is 0. The summed E-state index contributed by atoms with van der Waals surface area (Å²) in [4.78, 5) is 14.4. The molecule has 192 valence electrons. The molecule has 0 aromatic rings. The van der Waals surface area contributed by atoms with Crippen LogP contribution in [-0.2, 0) is 4.79 Å². The van der Waals surface area contributed by atoms with Gasteiger partial charge < -0.3 is 5.11 Å². The molecule has 3 nitrogen and oxygen atoms in total. The number of carbonyl (C=O) groups excluding carboxylic acids is 1. The number of nitrogens with zero attached hydrogens (tertiary/aromatic N) is 1. The Morgan fingerprint density at radius 1 is 0.971 bits per heavy atom. The highest BCUT2D eigenvalue weighted by Crippen LogP contribution is 2.76. The Kier molecular flexibility index (Phi) is 5.21. The van der Waals surface area contributed by atoms with Crippen molar-refractivity contribution in [3.63, 3.8) is 0 Å². The average molecular weight is 478 g/mol. The zero-order valence-electron chi connectivity index (χ0n) is 23.3. The van der Waals surface area contributed by atoms with Gasteiger partial charge in [-0.2, -0.15) is 5.26 Å². The lowest BCUT2D eigenvalue weighted by Crippen LogP contribution is -2.68. The van der Waals surface area contributed by atoms with Gasteiger partial charge in [-0.15, -0.1) is 6.58 Å². The minimum Gasteiger partial charge on any atom is -0.511 e. The first-order chi connectivity index (χ1) is 16.1. The van der Waals surface area contributed by atoms with Crippen molar-refractivity contribution < 1.29 is 9.90 Å². The van der Waals surface area contributed by atoms with Gasteiger partial charge in [-0.25, -0.2) is 0 Å². The van der Waals surface area contributed by atoms with Crippen molar-refractivity contribution in [1.29, 1.82) is 5.26 Å². The molecule has 0 saturated heterocycles. The molecule has 0 amide bonds. The minimum absolute atomic E-state index is 0.0360. The topological polar surface area (TPSA) is 61.1 Å². The summed E-state index contributed by atoms with van der Waals surface area (Å²) in [6.45, 7) is 20.7. The van der Waals surface area contributed by atoms with Gasteiger partial charge in [-0.05, 0) is 96.2 Å². The number of ketones is 1. The van der Waals surface area contributed by atoms with E-state index in [2.05, 4.69) is 67.2 Å². The molecule has 0 heterocycles. The molecule has 4 fully saturated rings. The first-order valence-electron chi connectivity index (χ1n) is 14.1. The molecule has 4 saturated carbocycles. The fourth-order valence-corrected chi connectivity index (χ4v) is 11.0. The molecule has 5 aliphatic carbocycles. The van der Waals surface area contributed by atoms with E-state index >= 15 is 0 Å². The van der Waals surface area contributed by atoms with Crippen LogP contribution in [0, 0.1) is 67.5 Å². The van der Waals surface area contributed by atoms with E-state index < -0.39 is 5.41 Å². The number of hydrogen-bond acceptors (Lipinski definition) is 3. The Hall–Kier alpha value is -1.56. The fraction of sp³-hybridized carbons (Fsp3) is 0.812. The summed E-state index contributed by atoms with van der Waals surface area (Å²) in [6, 6.07) is 2.35. The molecular weight excluding hydrogens is 430 g/mol. The largest absolute Gasteiger partial charge is 0.511 e. The fourth-order valence-electron chi connectivity index (χ4n) is 11.0. The van der Waals surface area contributed by atoms with E-state index in [9.17, 15) is 15.2 Å². The van der Waals surface area contributed by atoms with Crippen LogP contribution in [0.3, 0.4) is 0 Å². The summed E-state index contributed by atoms with van der Waals surface area (Å²) in [5, 5.41) is 21.0. The lowest BCUT2D eigenvalue weighted by atomic mass is 9.31. The van der Waals surface area contributed by atoms with Gasteiger partial charge in [0.2, 0.25) is 0 Å². The monoisotopic (exact) mass is 477 g/mol. The number of aliphatic hydroxyl groups excluding tert-OH is 1. The molecule has 0 aliphatic heterocycles. The number of aliphatic hydroxyl groups is 1. The van der Waals surface area contributed by atoms with Crippen LogP contribution in [-0.4, -0.2) is 10.9 Å². The zero-order valence-corrected chi connectivity index (χ0v) is 23.3. The van der Waals surface area contributed by atoms with Crippen molar-refractivity contribution in [2.24, 2.45) is 56.2 Å². The zero-order chi connectivity index (χ0) is 25.8. The van der Waals surface area contributed by atoms with E-state index in [1.54, 1.807) is 0 Å². The summed E-state index contributed by atoms with van der Waals surface area (Å²) in [6.07, 6.45) is 11.4. The van der Waals surface area contributed by atoms with Crippen molar-refractivity contribution in [3.8, 4) is 6.07 Å². The standard InChI is InChI=1S/C32H47NO2/c1-9-32-14-12-27(2,3)18-21(32)25-22(34)16-24-29(6)17-20(19-33)26(35)28(4,5)23(29)10-11-30(24,7)31(25,8)13-15-32/h9,21,23-25,35H,1,10-18H2,2-8H3/t21-,23-,24+,25-,29-,30+,31+,32?/m0/s1. The molecule has 1 N–H and O–H groups in total. The summed E-state index contributed by atoms with van der Waals surface area (Å²) in [5.41, 5.74) is 0.347. The van der Waals surface area contributed by atoms with Crippen LogP contribution in [0.2, 0.25) is 0 Å². The van der Waals surface area contributed by atoms with E-state index in [0.29, 0.717) is 30.1 Å². The van der Waals surface area contributed by atoms with Crippen LogP contribution >= 0.6 is 0 Å². The molecule has 0 aromatic carbocycles. The third-order valence-corrected chi connectivity index (χ3v) is 13.2. The first-order valence-corrected chi connectivity index (χ1v) is 14.1. The molecule has 0 radical (unpaired) electrons. The molecule has 0 aromatic heterocycles. The molecule has 5 rings (SSSR count). The van der Waals surface area contributed by atoms with Crippen molar-refractivity contribution >= 4 is 5.78 Å². The quantitative estimate of drug-likeness (QED) is 0.387. The predicted molar refractivity (Wildman–Crippen MR) is 140 cm³/mol. The van der Waals surface area contributed by atoms with Crippen LogP contribution in [0.15, 0.2) is 24.0 Å². The maximum atomic E-state index is 14.4. The van der Waals surface area contributed by atoms with E-state index in [4.69, 9.17) is 0 Å². The molecule has 0 spiro atoms. The summed E-state index contributed by atoms with van der Waals surface area (Å²) in [5.74, 6) is 1.77. The predicted octanol–water partition coefficient (Wildman–Crippen LogP) is 8.18. The van der Waals surface area contributed by atoms with Crippen LogP contribution in [0.5, 0.6) is 0 Å². The second kappa shape index (κ2) is 7.26. The first kappa shape index (κ1) is 25.1. The minimum atomic E-state index is -0.432. The van der Waals surface area contributed by atoms with Gasteiger partial charge in [0.25, 0.3) is 0 Å². The summed E-state index contributed by atoms with van der Waals surface area (Å²) < 4.78 is 0. The maximum absolute atomic E-state index is 14.4. The number of carbonyl (C=O) groups is 1. The second-order valence-electron chi connectivity index (χ2n) is 15.4. The van der Waals surface area contributed by atoms with Gasteiger partial charge in [-0.1, -0.05) is 54.5 Å². The van der Waals surface area contributed by atoms with Gasteiger partial charge in [0.05, 0.1) is 11.6 Å². The Morgan fingerprint density at radius 3 is 2.26 bits per heavy atom.